The van der Waals surface area contributed by atoms with Crippen LogP contribution >= 0.6 is 0 Å². The van der Waals surface area contributed by atoms with Gasteiger partial charge >= 0.3 is 0 Å². The van der Waals surface area contributed by atoms with Crippen molar-refractivity contribution in [2.75, 3.05) is 20.1 Å². The minimum atomic E-state index is -0.178. The highest BCUT2D eigenvalue weighted by atomic mass is 16.2. The second kappa shape index (κ2) is 7.94. The highest BCUT2D eigenvalue weighted by Gasteiger charge is 2.26. The third-order valence-corrected chi connectivity index (χ3v) is 5.36. The van der Waals surface area contributed by atoms with Crippen LogP contribution in [0.2, 0.25) is 0 Å². The van der Waals surface area contributed by atoms with Gasteiger partial charge in [-0.2, -0.15) is 5.10 Å². The topological polar surface area (TPSA) is 67.2 Å². The number of carbonyl (C=O) groups excluding carboxylic acids is 1. The maximum Gasteiger partial charge on any atom is 0.275 e. The molecule has 0 spiro atoms. The normalized spacial score (nSPS) is 17.0. The molecule has 0 aliphatic carbocycles. The smallest absolute Gasteiger partial charge is 0.275 e. The van der Waals surface area contributed by atoms with Crippen molar-refractivity contribution in [1.29, 1.82) is 0 Å². The molecular weight excluding hydrogens is 352 g/mol. The Morgan fingerprint density at radius 2 is 1.82 bits per heavy atom. The molecule has 1 fully saturated rings. The van der Waals surface area contributed by atoms with Crippen LogP contribution in [-0.4, -0.2) is 46.8 Å². The van der Waals surface area contributed by atoms with Crippen LogP contribution in [0.3, 0.4) is 0 Å². The van der Waals surface area contributed by atoms with Gasteiger partial charge in [0.1, 0.15) is 0 Å². The number of benzene rings is 2. The zero-order chi connectivity index (χ0) is 19.5. The molecule has 2 aromatic carbocycles. The largest absolute Gasteiger partial charge is 0.336 e. The Morgan fingerprint density at radius 1 is 1.11 bits per heavy atom. The van der Waals surface area contributed by atoms with Gasteiger partial charge in [-0.05, 0) is 31.5 Å². The van der Waals surface area contributed by atoms with Gasteiger partial charge in [-0.15, -0.1) is 0 Å². The van der Waals surface area contributed by atoms with Crippen molar-refractivity contribution < 1.29 is 4.79 Å². The number of carbonyl (C=O) groups is 1. The Kier molecular flexibility index (Phi) is 5.21. The van der Waals surface area contributed by atoms with Gasteiger partial charge in [0.05, 0.1) is 11.9 Å². The van der Waals surface area contributed by atoms with Crippen molar-refractivity contribution >= 4 is 16.7 Å². The molecule has 1 aromatic heterocycles. The molecule has 1 aliphatic heterocycles. The first kappa shape index (κ1) is 18.4. The Morgan fingerprint density at radius 3 is 2.57 bits per heavy atom. The predicted octanol–water partition coefficient (Wildman–Crippen LogP) is 2.27. The van der Waals surface area contributed by atoms with E-state index in [0.717, 1.165) is 18.4 Å². The number of nitrogens with zero attached hydrogens (tertiary/aromatic N) is 3. The standard InChI is InChI=1S/C22H24N4O2/c1-23-17-10-7-13-25(15-17)22(28)20-18-11-5-6-12-19(18)21(27)26(24-20)14-16-8-3-2-4-9-16/h2-6,8-9,11-12,17,23H,7,10,13-15H2,1H3. The van der Waals surface area contributed by atoms with Gasteiger partial charge in [0.15, 0.2) is 5.69 Å². The monoisotopic (exact) mass is 376 g/mol. The van der Waals surface area contributed by atoms with Gasteiger partial charge in [0, 0.05) is 24.5 Å². The molecule has 4 rings (SSSR count). The van der Waals surface area contributed by atoms with E-state index < -0.39 is 0 Å². The molecule has 144 valence electrons. The summed E-state index contributed by atoms with van der Waals surface area (Å²) in [5.74, 6) is -0.113. The lowest BCUT2D eigenvalue weighted by atomic mass is 10.0. The highest BCUT2D eigenvalue weighted by molar-refractivity contribution is 6.04. The number of likely N-dealkylation sites (N-methyl/N-ethyl adjacent to an activating group) is 1. The number of hydrogen-bond donors (Lipinski definition) is 1. The number of likely N-dealkylation sites (tertiary alicyclic amines) is 1. The first-order valence-electron chi connectivity index (χ1n) is 9.67. The number of piperidine rings is 1. The van der Waals surface area contributed by atoms with Crippen molar-refractivity contribution in [2.45, 2.75) is 25.4 Å². The molecule has 2 heterocycles. The van der Waals surface area contributed by atoms with Crippen molar-refractivity contribution in [3.05, 3.63) is 76.2 Å². The Balaban J connectivity index is 1.77. The maximum atomic E-state index is 13.3. The molecule has 6 heteroatoms. The number of nitrogens with one attached hydrogen (secondary N) is 1. The average Bonchev–Trinajstić information content (AvgIpc) is 2.76. The van der Waals surface area contributed by atoms with E-state index >= 15 is 0 Å². The van der Waals surface area contributed by atoms with Crippen LogP contribution in [0.1, 0.15) is 28.9 Å². The van der Waals surface area contributed by atoms with Crippen LogP contribution in [-0.2, 0) is 6.54 Å². The lowest BCUT2D eigenvalue weighted by Gasteiger charge is -2.32. The summed E-state index contributed by atoms with van der Waals surface area (Å²) in [6.07, 6.45) is 2.01. The molecule has 1 unspecified atom stereocenters. The van der Waals surface area contributed by atoms with E-state index in [4.69, 9.17) is 0 Å². The van der Waals surface area contributed by atoms with Crippen molar-refractivity contribution in [1.82, 2.24) is 20.0 Å². The molecule has 0 radical (unpaired) electrons. The number of fused-ring (bicyclic) bond motifs is 1. The van der Waals surface area contributed by atoms with E-state index in [0.29, 0.717) is 42.1 Å². The lowest BCUT2D eigenvalue weighted by Crippen LogP contribution is -2.47. The highest BCUT2D eigenvalue weighted by Crippen LogP contribution is 2.18. The summed E-state index contributed by atoms with van der Waals surface area (Å²) >= 11 is 0. The first-order valence-corrected chi connectivity index (χ1v) is 9.67. The number of aromatic nitrogens is 2. The molecule has 3 aromatic rings. The van der Waals surface area contributed by atoms with E-state index in [1.54, 1.807) is 6.07 Å². The van der Waals surface area contributed by atoms with Gasteiger partial charge in [-0.1, -0.05) is 48.5 Å². The van der Waals surface area contributed by atoms with Gasteiger partial charge in [-0.25, -0.2) is 4.68 Å². The van der Waals surface area contributed by atoms with Gasteiger partial charge in [-0.3, -0.25) is 9.59 Å². The molecule has 1 saturated heterocycles. The van der Waals surface area contributed by atoms with Crippen LogP contribution in [0.15, 0.2) is 59.4 Å². The quantitative estimate of drug-likeness (QED) is 0.759. The summed E-state index contributed by atoms with van der Waals surface area (Å²) in [6, 6.07) is 17.2. The van der Waals surface area contributed by atoms with Crippen LogP contribution in [0.5, 0.6) is 0 Å². The summed E-state index contributed by atoms with van der Waals surface area (Å²) < 4.78 is 1.41. The molecule has 1 N–H and O–H groups in total. The summed E-state index contributed by atoms with van der Waals surface area (Å²) in [4.78, 5) is 28.1. The average molecular weight is 376 g/mol. The van der Waals surface area contributed by atoms with Gasteiger partial charge < -0.3 is 10.2 Å². The molecule has 1 atom stereocenters. The summed E-state index contributed by atoms with van der Waals surface area (Å²) in [5, 5.41) is 8.92. The molecule has 0 bridgehead atoms. The third-order valence-electron chi connectivity index (χ3n) is 5.36. The first-order chi connectivity index (χ1) is 13.7. The van der Waals surface area contributed by atoms with Crippen LogP contribution in [0.4, 0.5) is 0 Å². The Labute approximate surface area is 163 Å². The summed E-state index contributed by atoms with van der Waals surface area (Å²) in [6.45, 7) is 1.71. The second-order valence-electron chi connectivity index (χ2n) is 7.22. The molecule has 0 saturated carbocycles. The molecule has 1 amide bonds. The van der Waals surface area contributed by atoms with Gasteiger partial charge in [0.25, 0.3) is 11.5 Å². The number of hydrogen-bond acceptors (Lipinski definition) is 4. The summed E-state index contributed by atoms with van der Waals surface area (Å²) in [5.41, 5.74) is 1.14. The lowest BCUT2D eigenvalue weighted by molar-refractivity contribution is 0.0692. The van der Waals surface area contributed by atoms with E-state index in [2.05, 4.69) is 10.4 Å². The minimum absolute atomic E-state index is 0.113. The molecular formula is C22H24N4O2. The maximum absolute atomic E-state index is 13.3. The number of rotatable bonds is 4. The van der Waals surface area contributed by atoms with E-state index in [1.807, 2.05) is 60.5 Å². The zero-order valence-corrected chi connectivity index (χ0v) is 16.0. The SMILES string of the molecule is CNC1CCCN(C(=O)c2nn(Cc3ccccc3)c(=O)c3ccccc23)C1. The predicted molar refractivity (Wildman–Crippen MR) is 110 cm³/mol. The minimum Gasteiger partial charge on any atom is -0.336 e. The second-order valence-corrected chi connectivity index (χ2v) is 7.22. The number of amides is 1. The van der Waals surface area contributed by atoms with Crippen LogP contribution in [0.25, 0.3) is 10.8 Å². The van der Waals surface area contributed by atoms with Crippen LogP contribution < -0.4 is 10.9 Å². The molecule has 1 aliphatic rings. The zero-order valence-electron chi connectivity index (χ0n) is 16.0. The van der Waals surface area contributed by atoms with Crippen molar-refractivity contribution in [3.8, 4) is 0 Å². The van der Waals surface area contributed by atoms with E-state index in [1.165, 1.54) is 4.68 Å². The van der Waals surface area contributed by atoms with E-state index in [9.17, 15) is 9.59 Å². The fourth-order valence-corrected chi connectivity index (χ4v) is 3.80. The third kappa shape index (κ3) is 3.55. The fourth-order valence-electron chi connectivity index (χ4n) is 3.80. The van der Waals surface area contributed by atoms with Crippen molar-refractivity contribution in [2.24, 2.45) is 0 Å². The van der Waals surface area contributed by atoms with Gasteiger partial charge in [0.2, 0.25) is 0 Å². The molecule has 28 heavy (non-hydrogen) atoms. The summed E-state index contributed by atoms with van der Waals surface area (Å²) in [7, 11) is 1.92. The Hall–Kier alpha value is -2.99. The molecule has 6 nitrogen and oxygen atoms in total. The van der Waals surface area contributed by atoms with Crippen molar-refractivity contribution in [3.63, 3.8) is 0 Å². The van der Waals surface area contributed by atoms with E-state index in [-0.39, 0.29) is 11.5 Å². The Bertz CT molecular complexity index is 1050. The van der Waals surface area contributed by atoms with Crippen LogP contribution in [0, 0.1) is 0 Å². The fraction of sp³-hybridized carbons (Fsp3) is 0.318.